The van der Waals surface area contributed by atoms with Crippen molar-refractivity contribution in [3.63, 3.8) is 0 Å². The highest BCUT2D eigenvalue weighted by atomic mass is 16.6. The summed E-state index contributed by atoms with van der Waals surface area (Å²) in [5.41, 5.74) is 0.219. The van der Waals surface area contributed by atoms with Crippen molar-refractivity contribution in [1.29, 1.82) is 0 Å². The third-order valence-corrected chi connectivity index (χ3v) is 2.59. The van der Waals surface area contributed by atoms with E-state index < -0.39 is 4.92 Å². The third-order valence-electron chi connectivity index (χ3n) is 2.59. The molecule has 1 heterocycles. The zero-order valence-electron chi connectivity index (χ0n) is 10.5. The second-order valence-corrected chi connectivity index (χ2v) is 3.93. The molecule has 0 amide bonds. The average Bonchev–Trinajstić information content (AvgIpc) is 2.66. The number of aromatic nitrogens is 2. The Labute approximate surface area is 109 Å². The maximum absolute atomic E-state index is 11.1. The summed E-state index contributed by atoms with van der Waals surface area (Å²) in [4.78, 5) is 10.6. The van der Waals surface area contributed by atoms with Gasteiger partial charge in [-0.3, -0.25) is 10.1 Å². The van der Waals surface area contributed by atoms with Crippen LogP contribution in [-0.4, -0.2) is 19.8 Å². The fourth-order valence-electron chi connectivity index (χ4n) is 1.75. The molecular formula is C12H13N3O4. The highest BCUT2D eigenvalue weighted by molar-refractivity contribution is 5.48. The molecule has 0 unspecified atom stereocenters. The molecule has 1 N–H and O–H groups in total. The van der Waals surface area contributed by atoms with Crippen molar-refractivity contribution in [2.75, 3.05) is 0 Å². The first-order chi connectivity index (χ1) is 9.02. The predicted octanol–water partition coefficient (Wildman–Crippen LogP) is 2.39. The number of aryl methyl sites for hydroxylation is 2. The van der Waals surface area contributed by atoms with E-state index in [9.17, 15) is 15.2 Å². The molecule has 1 aromatic carbocycles. The van der Waals surface area contributed by atoms with Gasteiger partial charge in [-0.05, 0) is 18.6 Å². The van der Waals surface area contributed by atoms with Crippen molar-refractivity contribution in [2.24, 2.45) is 7.05 Å². The molecule has 100 valence electrons. The number of aromatic hydroxyl groups is 1. The highest BCUT2D eigenvalue weighted by Crippen LogP contribution is 2.34. The maximum atomic E-state index is 11.1. The van der Waals surface area contributed by atoms with Gasteiger partial charge in [0.1, 0.15) is 17.2 Å². The van der Waals surface area contributed by atoms with Crippen LogP contribution in [0.25, 0.3) is 0 Å². The van der Waals surface area contributed by atoms with Crippen LogP contribution in [0, 0.1) is 10.1 Å². The topological polar surface area (TPSA) is 90.4 Å². The number of phenolic OH excluding ortho intramolecular Hbond substituents is 1. The standard InChI is InChI=1S/C12H13N3O4/c1-3-10-11(15(17)18)12(14(2)13-10)19-9-6-4-5-8(16)7-9/h4-7,16H,3H2,1-2H3. The summed E-state index contributed by atoms with van der Waals surface area (Å²) in [6.07, 6.45) is 0.438. The van der Waals surface area contributed by atoms with Crippen molar-refractivity contribution in [3.8, 4) is 17.4 Å². The Hall–Kier alpha value is -2.57. The van der Waals surface area contributed by atoms with E-state index in [-0.39, 0.29) is 17.3 Å². The summed E-state index contributed by atoms with van der Waals surface area (Å²) in [5, 5.41) is 24.5. The molecule has 0 fully saturated rings. The lowest BCUT2D eigenvalue weighted by Crippen LogP contribution is -1.97. The van der Waals surface area contributed by atoms with Gasteiger partial charge in [-0.1, -0.05) is 13.0 Å². The van der Waals surface area contributed by atoms with Gasteiger partial charge < -0.3 is 9.84 Å². The minimum Gasteiger partial charge on any atom is -0.508 e. The summed E-state index contributed by atoms with van der Waals surface area (Å²) in [6, 6.07) is 6.06. The monoisotopic (exact) mass is 263 g/mol. The molecule has 7 heteroatoms. The molecule has 0 radical (unpaired) electrons. The smallest absolute Gasteiger partial charge is 0.353 e. The number of hydrogen-bond acceptors (Lipinski definition) is 5. The fraction of sp³-hybridized carbons (Fsp3) is 0.250. The quantitative estimate of drug-likeness (QED) is 0.675. The van der Waals surface area contributed by atoms with Crippen LogP contribution in [-0.2, 0) is 13.5 Å². The largest absolute Gasteiger partial charge is 0.508 e. The Bertz CT molecular complexity index is 621. The summed E-state index contributed by atoms with van der Waals surface area (Å²) < 4.78 is 6.78. The summed E-state index contributed by atoms with van der Waals surface area (Å²) in [5.74, 6) is 0.388. The van der Waals surface area contributed by atoms with Crippen LogP contribution in [0.5, 0.6) is 17.4 Å². The Morgan fingerprint density at radius 3 is 2.84 bits per heavy atom. The van der Waals surface area contributed by atoms with Gasteiger partial charge in [-0.2, -0.15) is 5.10 Å². The first kappa shape index (κ1) is 12.9. The Balaban J connectivity index is 2.45. The lowest BCUT2D eigenvalue weighted by Gasteiger charge is -2.05. The van der Waals surface area contributed by atoms with Crippen molar-refractivity contribution in [1.82, 2.24) is 9.78 Å². The van der Waals surface area contributed by atoms with Gasteiger partial charge in [0.2, 0.25) is 0 Å². The van der Waals surface area contributed by atoms with Gasteiger partial charge in [-0.25, -0.2) is 4.68 Å². The first-order valence-electron chi connectivity index (χ1n) is 5.70. The van der Waals surface area contributed by atoms with E-state index >= 15 is 0 Å². The van der Waals surface area contributed by atoms with Gasteiger partial charge in [0, 0.05) is 13.1 Å². The van der Waals surface area contributed by atoms with Crippen LogP contribution in [0.3, 0.4) is 0 Å². The predicted molar refractivity (Wildman–Crippen MR) is 67.4 cm³/mol. The molecule has 0 atom stereocenters. The first-order valence-corrected chi connectivity index (χ1v) is 5.70. The van der Waals surface area contributed by atoms with Gasteiger partial charge in [0.15, 0.2) is 0 Å². The van der Waals surface area contributed by atoms with Gasteiger partial charge in [0.25, 0.3) is 5.88 Å². The summed E-state index contributed by atoms with van der Waals surface area (Å²) in [6.45, 7) is 1.79. The van der Waals surface area contributed by atoms with E-state index in [1.807, 2.05) is 0 Å². The minimum atomic E-state index is -0.510. The Morgan fingerprint density at radius 2 is 2.26 bits per heavy atom. The van der Waals surface area contributed by atoms with E-state index in [0.29, 0.717) is 17.9 Å². The number of benzene rings is 1. The Morgan fingerprint density at radius 1 is 1.53 bits per heavy atom. The highest BCUT2D eigenvalue weighted by Gasteiger charge is 2.27. The van der Waals surface area contributed by atoms with Crippen LogP contribution in [0.1, 0.15) is 12.6 Å². The molecule has 2 rings (SSSR count). The molecule has 19 heavy (non-hydrogen) atoms. The minimum absolute atomic E-state index is 0.0260. The van der Waals surface area contributed by atoms with E-state index in [1.54, 1.807) is 26.1 Å². The number of phenols is 1. The zero-order valence-corrected chi connectivity index (χ0v) is 10.5. The van der Waals surface area contributed by atoms with Gasteiger partial charge in [-0.15, -0.1) is 0 Å². The lowest BCUT2D eigenvalue weighted by molar-refractivity contribution is -0.386. The summed E-state index contributed by atoms with van der Waals surface area (Å²) >= 11 is 0. The average molecular weight is 263 g/mol. The van der Waals surface area contributed by atoms with Gasteiger partial charge >= 0.3 is 5.69 Å². The van der Waals surface area contributed by atoms with Crippen molar-refractivity contribution < 1.29 is 14.8 Å². The van der Waals surface area contributed by atoms with E-state index in [2.05, 4.69) is 5.10 Å². The van der Waals surface area contributed by atoms with Crippen LogP contribution >= 0.6 is 0 Å². The molecule has 0 saturated carbocycles. The molecular weight excluding hydrogens is 250 g/mol. The Kier molecular flexibility index (Phi) is 3.37. The summed E-state index contributed by atoms with van der Waals surface area (Å²) in [7, 11) is 1.57. The normalized spacial score (nSPS) is 10.4. The molecule has 7 nitrogen and oxygen atoms in total. The number of ether oxygens (including phenoxy) is 1. The second kappa shape index (κ2) is 4.97. The molecule has 0 saturated heterocycles. The second-order valence-electron chi connectivity index (χ2n) is 3.93. The SMILES string of the molecule is CCc1nn(C)c(Oc2cccc(O)c2)c1[N+](=O)[O-]. The molecule has 0 spiro atoms. The van der Waals surface area contributed by atoms with Gasteiger partial charge in [0.05, 0.1) is 4.92 Å². The third kappa shape index (κ3) is 2.49. The van der Waals surface area contributed by atoms with E-state index in [4.69, 9.17) is 4.74 Å². The zero-order chi connectivity index (χ0) is 14.0. The lowest BCUT2D eigenvalue weighted by atomic mass is 10.3. The molecule has 0 aliphatic rings. The van der Waals surface area contributed by atoms with Crippen LogP contribution < -0.4 is 4.74 Å². The number of hydrogen-bond donors (Lipinski definition) is 1. The fourth-order valence-corrected chi connectivity index (χ4v) is 1.75. The van der Waals surface area contributed by atoms with Crippen LogP contribution in [0.15, 0.2) is 24.3 Å². The molecule has 2 aromatic rings. The number of rotatable bonds is 4. The van der Waals surface area contributed by atoms with Crippen molar-refractivity contribution in [3.05, 3.63) is 40.1 Å². The van der Waals surface area contributed by atoms with E-state index in [1.165, 1.54) is 16.8 Å². The van der Waals surface area contributed by atoms with Crippen LogP contribution in [0.4, 0.5) is 5.69 Å². The van der Waals surface area contributed by atoms with Crippen molar-refractivity contribution in [2.45, 2.75) is 13.3 Å². The maximum Gasteiger partial charge on any atom is 0.353 e. The molecule has 0 bridgehead atoms. The number of nitro groups is 1. The molecule has 0 aliphatic carbocycles. The molecule has 0 aliphatic heterocycles. The van der Waals surface area contributed by atoms with Crippen LogP contribution in [0.2, 0.25) is 0 Å². The van der Waals surface area contributed by atoms with E-state index in [0.717, 1.165) is 0 Å². The van der Waals surface area contributed by atoms with Crippen molar-refractivity contribution >= 4 is 5.69 Å². The molecule has 1 aromatic heterocycles. The number of nitrogens with zero attached hydrogens (tertiary/aromatic N) is 3.